The van der Waals surface area contributed by atoms with Crippen molar-refractivity contribution in [1.82, 2.24) is 0 Å². The molecule has 190 valence electrons. The van der Waals surface area contributed by atoms with E-state index < -0.39 is 0 Å². The van der Waals surface area contributed by atoms with E-state index in [4.69, 9.17) is 9.47 Å². The standard InChI is InChI=1S/C32H50O2/c1-19(2)29(20(3)4)30-24-10-6-8-12-26(24)31(27-13-9-7-11-25(27)30)34-21(5)33-18-22-16-23-14-15-32(23)17-28(22)32/h8,12,19-24,26,28-31H,6-7,9-11,13-18H2,1-5H3. The van der Waals surface area contributed by atoms with Gasteiger partial charge in [-0.05, 0) is 129 Å². The quantitative estimate of drug-likeness (QED) is 0.265. The van der Waals surface area contributed by atoms with Crippen molar-refractivity contribution in [1.29, 1.82) is 0 Å². The van der Waals surface area contributed by atoms with Gasteiger partial charge in [-0.25, -0.2) is 0 Å². The zero-order valence-electron chi connectivity index (χ0n) is 22.6. The molecule has 2 heteroatoms. The minimum Gasteiger partial charge on any atom is -0.353 e. The second kappa shape index (κ2) is 9.05. The first kappa shape index (κ1) is 23.8. The van der Waals surface area contributed by atoms with Gasteiger partial charge in [0.2, 0.25) is 0 Å². The van der Waals surface area contributed by atoms with Gasteiger partial charge in [-0.1, -0.05) is 45.4 Å². The van der Waals surface area contributed by atoms with Crippen LogP contribution >= 0.6 is 0 Å². The summed E-state index contributed by atoms with van der Waals surface area (Å²) in [6.45, 7) is 13.0. The van der Waals surface area contributed by atoms with Gasteiger partial charge in [0.1, 0.15) is 0 Å². The fourth-order valence-corrected chi connectivity index (χ4v) is 10.1. The maximum absolute atomic E-state index is 6.92. The van der Waals surface area contributed by atoms with Crippen molar-refractivity contribution in [3.05, 3.63) is 23.3 Å². The van der Waals surface area contributed by atoms with E-state index in [1.165, 1.54) is 64.2 Å². The van der Waals surface area contributed by atoms with Crippen LogP contribution in [0.25, 0.3) is 0 Å². The van der Waals surface area contributed by atoms with Crippen molar-refractivity contribution < 1.29 is 9.47 Å². The molecule has 3 saturated carbocycles. The lowest BCUT2D eigenvalue weighted by atomic mass is 9.55. The monoisotopic (exact) mass is 466 g/mol. The molecule has 3 fully saturated rings. The van der Waals surface area contributed by atoms with E-state index in [1.54, 1.807) is 5.57 Å². The molecule has 34 heavy (non-hydrogen) atoms. The number of allylic oxidation sites excluding steroid dienone is 2. The summed E-state index contributed by atoms with van der Waals surface area (Å²) in [6, 6.07) is 0. The Kier molecular flexibility index (Phi) is 6.33. The summed E-state index contributed by atoms with van der Waals surface area (Å²) < 4.78 is 13.4. The van der Waals surface area contributed by atoms with Gasteiger partial charge in [0.25, 0.3) is 0 Å². The van der Waals surface area contributed by atoms with Gasteiger partial charge in [-0.2, -0.15) is 0 Å². The summed E-state index contributed by atoms with van der Waals surface area (Å²) in [5.74, 6) is 7.10. The van der Waals surface area contributed by atoms with Gasteiger partial charge in [0.05, 0.1) is 12.7 Å². The highest BCUT2D eigenvalue weighted by molar-refractivity contribution is 5.32. The Morgan fingerprint density at radius 3 is 2.38 bits per heavy atom. The van der Waals surface area contributed by atoms with Crippen LogP contribution in [-0.2, 0) is 9.47 Å². The third-order valence-corrected chi connectivity index (χ3v) is 11.6. The fraction of sp³-hybridized carbons (Fsp3) is 0.875. The van der Waals surface area contributed by atoms with Crippen LogP contribution in [0.2, 0.25) is 0 Å². The van der Waals surface area contributed by atoms with Crippen LogP contribution in [0.15, 0.2) is 23.3 Å². The minimum atomic E-state index is -0.0906. The van der Waals surface area contributed by atoms with E-state index in [2.05, 4.69) is 46.8 Å². The molecular weight excluding hydrogens is 416 g/mol. The van der Waals surface area contributed by atoms with Crippen molar-refractivity contribution in [2.45, 2.75) is 111 Å². The molecule has 0 N–H and O–H groups in total. The molecule has 6 aliphatic rings. The minimum absolute atomic E-state index is 0.0906. The van der Waals surface area contributed by atoms with Gasteiger partial charge in [-0.3, -0.25) is 0 Å². The van der Waals surface area contributed by atoms with Crippen molar-refractivity contribution in [2.24, 2.45) is 58.7 Å². The predicted molar refractivity (Wildman–Crippen MR) is 139 cm³/mol. The molecular formula is C32H50O2. The van der Waals surface area contributed by atoms with E-state index in [0.29, 0.717) is 5.92 Å². The first-order valence-electron chi connectivity index (χ1n) is 15.1. The van der Waals surface area contributed by atoms with Gasteiger partial charge < -0.3 is 9.47 Å². The summed E-state index contributed by atoms with van der Waals surface area (Å²) in [6.07, 6.45) is 18.9. The normalized spacial score (nSPS) is 43.5. The highest BCUT2D eigenvalue weighted by Crippen LogP contribution is 2.77. The predicted octanol–water partition coefficient (Wildman–Crippen LogP) is 8.18. The molecule has 0 saturated heterocycles. The topological polar surface area (TPSA) is 18.5 Å². The van der Waals surface area contributed by atoms with Crippen molar-refractivity contribution >= 4 is 0 Å². The Hall–Kier alpha value is -0.600. The zero-order valence-corrected chi connectivity index (χ0v) is 22.6. The second-order valence-corrected chi connectivity index (χ2v) is 13.8. The lowest BCUT2D eigenvalue weighted by Crippen LogP contribution is -2.47. The molecule has 0 aromatic heterocycles. The van der Waals surface area contributed by atoms with E-state index in [0.717, 1.165) is 59.4 Å². The molecule has 0 amide bonds. The molecule has 0 aromatic carbocycles. The highest BCUT2D eigenvalue weighted by atomic mass is 16.7. The number of rotatable bonds is 8. The largest absolute Gasteiger partial charge is 0.353 e. The molecule has 0 heterocycles. The first-order chi connectivity index (χ1) is 16.4. The Labute approximate surface area is 209 Å². The SMILES string of the molecule is CC(OCC1CC2CCC23CC13)OC1C2=C(CCCC2)C(C(C(C)C)C(C)C)C2CCC=CC12. The molecule has 0 aromatic rings. The lowest BCUT2D eigenvalue weighted by molar-refractivity contribution is -0.176. The van der Waals surface area contributed by atoms with Crippen LogP contribution in [0.3, 0.4) is 0 Å². The van der Waals surface area contributed by atoms with Gasteiger partial charge in [0, 0.05) is 5.92 Å². The van der Waals surface area contributed by atoms with Crippen LogP contribution in [0.5, 0.6) is 0 Å². The molecule has 0 bridgehead atoms. The van der Waals surface area contributed by atoms with E-state index in [-0.39, 0.29) is 12.4 Å². The third kappa shape index (κ3) is 3.80. The number of ether oxygens (including phenoxy) is 2. The van der Waals surface area contributed by atoms with E-state index in [9.17, 15) is 0 Å². The Balaban J connectivity index is 1.21. The van der Waals surface area contributed by atoms with Crippen LogP contribution in [-0.4, -0.2) is 19.0 Å². The third-order valence-electron chi connectivity index (χ3n) is 11.6. The summed E-state index contributed by atoms with van der Waals surface area (Å²) in [5.41, 5.74) is 4.30. The smallest absolute Gasteiger partial charge is 0.155 e. The molecule has 6 aliphatic carbocycles. The van der Waals surface area contributed by atoms with Crippen LogP contribution in [0, 0.1) is 58.7 Å². The van der Waals surface area contributed by atoms with Crippen molar-refractivity contribution in [2.75, 3.05) is 6.61 Å². The summed E-state index contributed by atoms with van der Waals surface area (Å²) in [5, 5.41) is 0. The molecule has 6 rings (SSSR count). The maximum Gasteiger partial charge on any atom is 0.155 e. The molecule has 2 nitrogen and oxygen atoms in total. The molecule has 0 aliphatic heterocycles. The first-order valence-corrected chi connectivity index (χ1v) is 15.1. The average molecular weight is 467 g/mol. The Bertz CT molecular complexity index is 815. The molecule has 9 atom stereocenters. The van der Waals surface area contributed by atoms with E-state index in [1.807, 2.05) is 5.57 Å². The average Bonchev–Trinajstić information content (AvgIpc) is 3.54. The Morgan fingerprint density at radius 2 is 1.76 bits per heavy atom. The van der Waals surface area contributed by atoms with Crippen LogP contribution in [0.4, 0.5) is 0 Å². The molecule has 9 unspecified atom stereocenters. The van der Waals surface area contributed by atoms with Crippen LogP contribution in [0.1, 0.15) is 98.8 Å². The maximum atomic E-state index is 6.92. The molecule has 0 radical (unpaired) electrons. The second-order valence-electron chi connectivity index (χ2n) is 13.8. The lowest BCUT2D eigenvalue weighted by Gasteiger charge is -2.52. The summed E-state index contributed by atoms with van der Waals surface area (Å²) >= 11 is 0. The zero-order chi connectivity index (χ0) is 23.6. The number of hydrogen-bond acceptors (Lipinski definition) is 2. The molecule has 1 spiro atoms. The summed E-state index contributed by atoms with van der Waals surface area (Å²) in [7, 11) is 0. The van der Waals surface area contributed by atoms with Crippen molar-refractivity contribution in [3.63, 3.8) is 0 Å². The van der Waals surface area contributed by atoms with Crippen LogP contribution < -0.4 is 0 Å². The van der Waals surface area contributed by atoms with E-state index >= 15 is 0 Å². The summed E-state index contributed by atoms with van der Waals surface area (Å²) in [4.78, 5) is 0. The fourth-order valence-electron chi connectivity index (χ4n) is 10.1. The van der Waals surface area contributed by atoms with Gasteiger partial charge in [-0.15, -0.1) is 0 Å². The van der Waals surface area contributed by atoms with Crippen molar-refractivity contribution in [3.8, 4) is 0 Å². The van der Waals surface area contributed by atoms with Gasteiger partial charge >= 0.3 is 0 Å². The number of fused-ring (bicyclic) bond motifs is 1. The highest BCUT2D eigenvalue weighted by Gasteiger charge is 2.70. The Morgan fingerprint density at radius 1 is 1.00 bits per heavy atom. The van der Waals surface area contributed by atoms with Gasteiger partial charge in [0.15, 0.2) is 6.29 Å². The number of hydrogen-bond donors (Lipinski definition) is 0.